The van der Waals surface area contributed by atoms with Crippen molar-refractivity contribution in [3.63, 3.8) is 0 Å². The van der Waals surface area contributed by atoms with Crippen molar-refractivity contribution in [1.82, 2.24) is 0 Å². The Balaban J connectivity index is 3.15. The third kappa shape index (κ3) is 2.18. The summed E-state index contributed by atoms with van der Waals surface area (Å²) in [7, 11) is 0. The Morgan fingerprint density at radius 2 is 2.00 bits per heavy atom. The number of carbonyl (C=O) groups excluding carboxylic acids is 1. The third-order valence-corrected chi connectivity index (χ3v) is 4.07. The standard InChI is InChI=1S/C11H12BrClO/c1-11(2,10(12)7-14)8-5-3-4-6-9(8)13/h3-7,10H,1-2H3. The second-order valence-corrected chi connectivity index (χ2v) is 5.13. The number of hydrogen-bond acceptors (Lipinski definition) is 1. The maximum Gasteiger partial charge on any atom is 0.134 e. The molecule has 0 radical (unpaired) electrons. The highest BCUT2D eigenvalue weighted by Crippen LogP contribution is 2.34. The Morgan fingerprint density at radius 1 is 1.43 bits per heavy atom. The molecule has 0 bridgehead atoms. The molecule has 1 atom stereocenters. The van der Waals surface area contributed by atoms with Gasteiger partial charge in [0, 0.05) is 10.4 Å². The van der Waals surface area contributed by atoms with Gasteiger partial charge >= 0.3 is 0 Å². The number of aldehydes is 1. The first-order valence-electron chi connectivity index (χ1n) is 4.34. The Labute approximate surface area is 97.6 Å². The Kier molecular flexibility index (Phi) is 3.73. The summed E-state index contributed by atoms with van der Waals surface area (Å²) in [5, 5.41) is 0.698. The molecule has 0 saturated carbocycles. The highest BCUT2D eigenvalue weighted by Gasteiger charge is 2.30. The monoisotopic (exact) mass is 274 g/mol. The minimum Gasteiger partial charge on any atom is -0.302 e. The summed E-state index contributed by atoms with van der Waals surface area (Å²) < 4.78 is 0. The van der Waals surface area contributed by atoms with Crippen LogP contribution in [-0.2, 0) is 10.2 Å². The van der Waals surface area contributed by atoms with Gasteiger partial charge in [0.15, 0.2) is 0 Å². The zero-order valence-electron chi connectivity index (χ0n) is 8.13. The van der Waals surface area contributed by atoms with Crippen molar-refractivity contribution in [2.75, 3.05) is 0 Å². The zero-order chi connectivity index (χ0) is 10.8. The van der Waals surface area contributed by atoms with Crippen molar-refractivity contribution in [2.24, 2.45) is 0 Å². The van der Waals surface area contributed by atoms with E-state index in [2.05, 4.69) is 15.9 Å². The molecule has 0 N–H and O–H groups in total. The molecule has 1 aromatic carbocycles. The number of rotatable bonds is 3. The molecule has 0 spiro atoms. The molecule has 0 fully saturated rings. The molecule has 0 aliphatic heterocycles. The molecule has 3 heteroatoms. The molecule has 0 aliphatic carbocycles. The van der Waals surface area contributed by atoms with Gasteiger partial charge in [0.25, 0.3) is 0 Å². The maximum absolute atomic E-state index is 10.7. The molecule has 1 unspecified atom stereocenters. The highest BCUT2D eigenvalue weighted by atomic mass is 79.9. The van der Waals surface area contributed by atoms with Crippen LogP contribution >= 0.6 is 27.5 Å². The van der Waals surface area contributed by atoms with Crippen LogP contribution in [0.3, 0.4) is 0 Å². The average molecular weight is 276 g/mol. The number of alkyl halides is 1. The van der Waals surface area contributed by atoms with E-state index in [0.717, 1.165) is 11.8 Å². The van der Waals surface area contributed by atoms with Crippen LogP contribution in [0.25, 0.3) is 0 Å². The molecular formula is C11H12BrClO. The van der Waals surface area contributed by atoms with Crippen LogP contribution in [0.4, 0.5) is 0 Å². The van der Waals surface area contributed by atoms with Crippen LogP contribution < -0.4 is 0 Å². The van der Waals surface area contributed by atoms with Gasteiger partial charge < -0.3 is 4.79 Å². The normalized spacial score (nSPS) is 13.7. The fourth-order valence-electron chi connectivity index (χ4n) is 1.30. The molecular weight excluding hydrogens is 263 g/mol. The third-order valence-electron chi connectivity index (χ3n) is 2.38. The van der Waals surface area contributed by atoms with E-state index in [9.17, 15) is 4.79 Å². The predicted octanol–water partition coefficient (Wildman–Crippen LogP) is 3.58. The summed E-state index contributed by atoms with van der Waals surface area (Å²) in [5.74, 6) is 0. The maximum atomic E-state index is 10.7. The van der Waals surface area contributed by atoms with Gasteiger partial charge in [-0.1, -0.05) is 59.6 Å². The largest absolute Gasteiger partial charge is 0.302 e. The molecule has 1 aromatic rings. The zero-order valence-corrected chi connectivity index (χ0v) is 10.5. The van der Waals surface area contributed by atoms with Gasteiger partial charge in [-0.2, -0.15) is 0 Å². The van der Waals surface area contributed by atoms with Crippen LogP contribution in [0.1, 0.15) is 19.4 Å². The van der Waals surface area contributed by atoms with Gasteiger partial charge in [-0.3, -0.25) is 0 Å². The van der Waals surface area contributed by atoms with Crippen molar-refractivity contribution in [3.8, 4) is 0 Å². The van der Waals surface area contributed by atoms with Gasteiger partial charge in [-0.25, -0.2) is 0 Å². The molecule has 0 heterocycles. The molecule has 1 nitrogen and oxygen atoms in total. The Bertz CT molecular complexity index is 336. The second kappa shape index (κ2) is 4.45. The highest BCUT2D eigenvalue weighted by molar-refractivity contribution is 9.10. The number of carbonyl (C=O) groups is 1. The van der Waals surface area contributed by atoms with Gasteiger partial charge in [0.05, 0.1) is 4.83 Å². The van der Waals surface area contributed by atoms with Crippen LogP contribution in [0.15, 0.2) is 24.3 Å². The van der Waals surface area contributed by atoms with E-state index in [1.54, 1.807) is 0 Å². The minimum absolute atomic E-state index is 0.227. The van der Waals surface area contributed by atoms with Gasteiger partial charge in [0.1, 0.15) is 6.29 Å². The minimum atomic E-state index is -0.292. The van der Waals surface area contributed by atoms with Crippen molar-refractivity contribution in [3.05, 3.63) is 34.9 Å². The van der Waals surface area contributed by atoms with Crippen LogP contribution in [-0.4, -0.2) is 11.1 Å². The number of benzene rings is 1. The van der Waals surface area contributed by atoms with Gasteiger partial charge in [-0.05, 0) is 11.6 Å². The summed E-state index contributed by atoms with van der Waals surface area (Å²) in [5.41, 5.74) is 0.691. The van der Waals surface area contributed by atoms with Crippen molar-refractivity contribution < 1.29 is 4.79 Å². The number of halogens is 2. The van der Waals surface area contributed by atoms with E-state index in [0.29, 0.717) is 5.02 Å². The summed E-state index contributed by atoms with van der Waals surface area (Å²) in [6, 6.07) is 7.59. The summed E-state index contributed by atoms with van der Waals surface area (Å²) in [6.07, 6.45) is 0.892. The molecule has 0 aromatic heterocycles. The summed E-state index contributed by atoms with van der Waals surface area (Å²) >= 11 is 9.42. The SMILES string of the molecule is CC(C)(c1ccccc1Cl)C(Br)C=O. The van der Waals surface area contributed by atoms with Crippen LogP contribution in [0.5, 0.6) is 0 Å². The fraction of sp³-hybridized carbons (Fsp3) is 0.364. The van der Waals surface area contributed by atoms with Crippen molar-refractivity contribution >= 4 is 33.8 Å². The first-order valence-corrected chi connectivity index (χ1v) is 5.64. The lowest BCUT2D eigenvalue weighted by Crippen LogP contribution is -2.30. The quantitative estimate of drug-likeness (QED) is 0.609. The predicted molar refractivity (Wildman–Crippen MR) is 63.3 cm³/mol. The average Bonchev–Trinajstić information content (AvgIpc) is 2.17. The topological polar surface area (TPSA) is 17.1 Å². The molecule has 76 valence electrons. The van der Waals surface area contributed by atoms with E-state index < -0.39 is 0 Å². The fourth-order valence-corrected chi connectivity index (χ4v) is 1.93. The van der Waals surface area contributed by atoms with E-state index >= 15 is 0 Å². The molecule has 0 amide bonds. The van der Waals surface area contributed by atoms with Gasteiger partial charge in [-0.15, -0.1) is 0 Å². The lowest BCUT2D eigenvalue weighted by Gasteiger charge is -2.28. The molecule has 0 aliphatic rings. The Hall–Kier alpha value is -0.340. The first kappa shape index (κ1) is 11.7. The van der Waals surface area contributed by atoms with Crippen molar-refractivity contribution in [2.45, 2.75) is 24.1 Å². The van der Waals surface area contributed by atoms with E-state index in [-0.39, 0.29) is 10.2 Å². The lowest BCUT2D eigenvalue weighted by atomic mass is 9.82. The van der Waals surface area contributed by atoms with Crippen molar-refractivity contribution in [1.29, 1.82) is 0 Å². The lowest BCUT2D eigenvalue weighted by molar-refractivity contribution is -0.108. The smallest absolute Gasteiger partial charge is 0.134 e. The van der Waals surface area contributed by atoms with Crippen LogP contribution in [0, 0.1) is 0 Å². The van der Waals surface area contributed by atoms with Gasteiger partial charge in [0.2, 0.25) is 0 Å². The van der Waals surface area contributed by atoms with E-state index in [4.69, 9.17) is 11.6 Å². The molecule has 0 saturated heterocycles. The Morgan fingerprint density at radius 3 is 2.50 bits per heavy atom. The van der Waals surface area contributed by atoms with E-state index in [1.165, 1.54) is 0 Å². The summed E-state index contributed by atoms with van der Waals surface area (Å²) in [6.45, 7) is 3.98. The summed E-state index contributed by atoms with van der Waals surface area (Å²) in [4.78, 5) is 10.5. The van der Waals surface area contributed by atoms with Crippen LogP contribution in [0.2, 0.25) is 5.02 Å². The molecule has 1 rings (SSSR count). The number of hydrogen-bond donors (Lipinski definition) is 0. The first-order chi connectivity index (χ1) is 6.50. The van der Waals surface area contributed by atoms with E-state index in [1.807, 2.05) is 38.1 Å². The molecule has 14 heavy (non-hydrogen) atoms. The second-order valence-electron chi connectivity index (χ2n) is 3.74.